The van der Waals surface area contributed by atoms with Crippen LogP contribution in [0.3, 0.4) is 0 Å². The molecular weight excluding hydrogens is 316 g/mol. The van der Waals surface area contributed by atoms with Crippen LogP contribution in [0.5, 0.6) is 0 Å². The second-order valence-corrected chi connectivity index (χ2v) is 6.39. The molecule has 6 heteroatoms. The first-order valence-electron chi connectivity index (χ1n) is 8.52. The van der Waals surface area contributed by atoms with Gasteiger partial charge in [-0.05, 0) is 32.4 Å². The largest absolute Gasteiger partial charge is 0.396 e. The van der Waals surface area contributed by atoms with Crippen LogP contribution < -0.4 is 10.6 Å². The molecule has 132 valence electrons. The molecule has 3 rings (SSSR count). The number of para-hydroxylation sites is 1. The molecule has 0 unspecified atom stereocenters. The van der Waals surface area contributed by atoms with Gasteiger partial charge in [-0.25, -0.2) is 9.48 Å². The number of hydrogen-bond donors (Lipinski definition) is 3. The van der Waals surface area contributed by atoms with E-state index in [2.05, 4.69) is 15.7 Å². The minimum absolute atomic E-state index is 0.0219. The van der Waals surface area contributed by atoms with E-state index in [9.17, 15) is 4.79 Å². The number of nitrogens with zero attached hydrogens (tertiary/aromatic N) is 2. The molecule has 2 atom stereocenters. The predicted molar refractivity (Wildman–Crippen MR) is 96.5 cm³/mol. The summed E-state index contributed by atoms with van der Waals surface area (Å²) in [5.74, 6) is 0.138. The summed E-state index contributed by atoms with van der Waals surface area (Å²) in [7, 11) is 0. The van der Waals surface area contributed by atoms with Gasteiger partial charge >= 0.3 is 6.03 Å². The van der Waals surface area contributed by atoms with Crippen LogP contribution in [0, 0.1) is 19.8 Å². The van der Waals surface area contributed by atoms with E-state index >= 15 is 0 Å². The maximum absolute atomic E-state index is 12.1. The summed E-state index contributed by atoms with van der Waals surface area (Å²) < 4.78 is 1.90. The maximum Gasteiger partial charge on any atom is 0.315 e. The second-order valence-electron chi connectivity index (χ2n) is 6.39. The van der Waals surface area contributed by atoms with E-state index in [0.717, 1.165) is 29.1 Å². The number of rotatable bonds is 5. The Morgan fingerprint density at radius 1 is 1.28 bits per heavy atom. The fraction of sp³-hybridized carbons (Fsp3) is 0.368. The highest BCUT2D eigenvalue weighted by Gasteiger charge is 2.20. The van der Waals surface area contributed by atoms with E-state index in [1.54, 1.807) is 0 Å². The van der Waals surface area contributed by atoms with E-state index in [1.165, 1.54) is 0 Å². The SMILES string of the molecule is Cc1nn(-c2ccccc2)c(C)c1CNC(=O)N[C@@H]1C=C[C@H](CO)C1. The zero-order valence-corrected chi connectivity index (χ0v) is 14.6. The Hall–Kier alpha value is -2.60. The summed E-state index contributed by atoms with van der Waals surface area (Å²) >= 11 is 0. The molecule has 0 bridgehead atoms. The van der Waals surface area contributed by atoms with Gasteiger partial charge in [0.1, 0.15) is 0 Å². The molecule has 0 saturated carbocycles. The van der Waals surface area contributed by atoms with E-state index < -0.39 is 0 Å². The van der Waals surface area contributed by atoms with Crippen LogP contribution in [0.15, 0.2) is 42.5 Å². The van der Waals surface area contributed by atoms with E-state index in [0.29, 0.717) is 6.54 Å². The number of carbonyl (C=O) groups excluding carboxylic acids is 1. The molecule has 1 aromatic carbocycles. The summed E-state index contributed by atoms with van der Waals surface area (Å²) in [4.78, 5) is 12.1. The minimum atomic E-state index is -0.209. The number of carbonyl (C=O) groups is 1. The molecule has 1 heterocycles. The van der Waals surface area contributed by atoms with Crippen molar-refractivity contribution in [3.63, 3.8) is 0 Å². The zero-order valence-electron chi connectivity index (χ0n) is 14.6. The van der Waals surface area contributed by atoms with Crippen LogP contribution >= 0.6 is 0 Å². The molecule has 0 aliphatic heterocycles. The average molecular weight is 340 g/mol. The average Bonchev–Trinajstić information content (AvgIpc) is 3.18. The van der Waals surface area contributed by atoms with Crippen LogP contribution in [-0.4, -0.2) is 33.6 Å². The number of aliphatic hydroxyl groups excluding tert-OH is 1. The molecule has 3 N–H and O–H groups in total. The van der Waals surface area contributed by atoms with Crippen LogP contribution in [0.2, 0.25) is 0 Å². The van der Waals surface area contributed by atoms with Crippen molar-refractivity contribution in [3.8, 4) is 5.69 Å². The van der Waals surface area contributed by atoms with E-state index in [1.807, 2.05) is 61.0 Å². The van der Waals surface area contributed by atoms with Crippen LogP contribution in [0.4, 0.5) is 4.79 Å². The normalized spacial score (nSPS) is 19.2. The standard InChI is InChI=1S/C19H24N4O2/c1-13-18(14(2)23(22-13)17-6-4-3-5-7-17)11-20-19(25)21-16-9-8-15(10-16)12-24/h3-9,15-16,24H,10-12H2,1-2H3,(H2,20,21,25)/t15-,16+/m0/s1. The van der Waals surface area contributed by atoms with Gasteiger partial charge in [0.25, 0.3) is 0 Å². The maximum atomic E-state index is 12.1. The lowest BCUT2D eigenvalue weighted by atomic mass is 10.1. The molecule has 1 aliphatic rings. The fourth-order valence-corrected chi connectivity index (χ4v) is 3.16. The molecule has 0 fully saturated rings. The Kier molecular flexibility index (Phi) is 5.19. The van der Waals surface area contributed by atoms with Crippen LogP contribution in [0.25, 0.3) is 5.69 Å². The molecule has 6 nitrogen and oxygen atoms in total. The Bertz CT molecular complexity index is 767. The molecule has 1 aromatic heterocycles. The number of aryl methyl sites for hydroxylation is 1. The summed E-state index contributed by atoms with van der Waals surface area (Å²) in [5, 5.41) is 19.5. The van der Waals surface area contributed by atoms with Gasteiger partial charge in [-0.3, -0.25) is 0 Å². The second kappa shape index (κ2) is 7.53. The molecule has 2 aromatic rings. The first-order chi connectivity index (χ1) is 12.1. The number of urea groups is 1. The smallest absolute Gasteiger partial charge is 0.315 e. The topological polar surface area (TPSA) is 79.2 Å². The van der Waals surface area contributed by atoms with Gasteiger partial charge in [0.2, 0.25) is 0 Å². The van der Waals surface area contributed by atoms with Gasteiger partial charge in [0, 0.05) is 36.4 Å². The minimum Gasteiger partial charge on any atom is -0.396 e. The van der Waals surface area contributed by atoms with Crippen molar-refractivity contribution in [2.24, 2.45) is 5.92 Å². The van der Waals surface area contributed by atoms with Gasteiger partial charge in [0.15, 0.2) is 0 Å². The molecule has 1 aliphatic carbocycles. The predicted octanol–water partition coefficient (Wildman–Crippen LogP) is 2.23. The van der Waals surface area contributed by atoms with Crippen molar-refractivity contribution in [3.05, 3.63) is 59.4 Å². The summed E-state index contributed by atoms with van der Waals surface area (Å²) in [6, 6.07) is 9.71. The van der Waals surface area contributed by atoms with Crippen molar-refractivity contribution in [2.45, 2.75) is 32.9 Å². The number of amides is 2. The highest BCUT2D eigenvalue weighted by Crippen LogP contribution is 2.18. The quantitative estimate of drug-likeness (QED) is 0.730. The van der Waals surface area contributed by atoms with Crippen LogP contribution in [0.1, 0.15) is 23.4 Å². The summed E-state index contributed by atoms with van der Waals surface area (Å²) in [6.07, 6.45) is 4.63. The van der Waals surface area contributed by atoms with Gasteiger partial charge in [-0.2, -0.15) is 5.10 Å². The first kappa shape index (κ1) is 17.2. The Morgan fingerprint density at radius 2 is 2.04 bits per heavy atom. The third-order valence-corrected chi connectivity index (χ3v) is 4.59. The lowest BCUT2D eigenvalue weighted by Gasteiger charge is -2.14. The van der Waals surface area contributed by atoms with Gasteiger partial charge in [-0.15, -0.1) is 0 Å². The number of aliphatic hydroxyl groups is 1. The highest BCUT2D eigenvalue weighted by atomic mass is 16.3. The summed E-state index contributed by atoms with van der Waals surface area (Å²) in [6.45, 7) is 4.50. The van der Waals surface area contributed by atoms with Crippen molar-refractivity contribution < 1.29 is 9.90 Å². The first-order valence-corrected chi connectivity index (χ1v) is 8.52. The summed E-state index contributed by atoms with van der Waals surface area (Å²) in [5.41, 5.74) is 3.95. The molecule has 0 radical (unpaired) electrons. The third-order valence-electron chi connectivity index (χ3n) is 4.59. The van der Waals surface area contributed by atoms with Crippen molar-refractivity contribution in [2.75, 3.05) is 6.61 Å². The van der Waals surface area contributed by atoms with Crippen molar-refractivity contribution in [1.29, 1.82) is 0 Å². The van der Waals surface area contributed by atoms with E-state index in [4.69, 9.17) is 5.11 Å². The zero-order chi connectivity index (χ0) is 17.8. The Labute approximate surface area is 147 Å². The number of aromatic nitrogens is 2. The van der Waals surface area contributed by atoms with Crippen molar-refractivity contribution in [1.82, 2.24) is 20.4 Å². The molecular formula is C19H24N4O2. The van der Waals surface area contributed by atoms with Gasteiger partial charge in [-0.1, -0.05) is 30.4 Å². The van der Waals surface area contributed by atoms with E-state index in [-0.39, 0.29) is 24.6 Å². The van der Waals surface area contributed by atoms with Crippen LogP contribution in [-0.2, 0) is 6.54 Å². The van der Waals surface area contributed by atoms with Gasteiger partial charge in [0.05, 0.1) is 11.4 Å². The Morgan fingerprint density at radius 3 is 2.72 bits per heavy atom. The van der Waals surface area contributed by atoms with Gasteiger partial charge < -0.3 is 15.7 Å². The lowest BCUT2D eigenvalue weighted by molar-refractivity contribution is 0.231. The molecule has 0 spiro atoms. The molecule has 25 heavy (non-hydrogen) atoms. The molecule has 2 amide bonds. The molecule has 0 saturated heterocycles. The highest BCUT2D eigenvalue weighted by molar-refractivity contribution is 5.74. The number of hydrogen-bond acceptors (Lipinski definition) is 3. The monoisotopic (exact) mass is 340 g/mol. The Balaban J connectivity index is 1.61. The number of benzene rings is 1. The fourth-order valence-electron chi connectivity index (χ4n) is 3.16. The van der Waals surface area contributed by atoms with Crippen molar-refractivity contribution >= 4 is 6.03 Å². The number of nitrogens with one attached hydrogen (secondary N) is 2. The third kappa shape index (κ3) is 3.91. The lowest BCUT2D eigenvalue weighted by Crippen LogP contribution is -2.40.